The van der Waals surface area contributed by atoms with Crippen LogP contribution in [0.2, 0.25) is 0 Å². The highest BCUT2D eigenvalue weighted by Gasteiger charge is 2.22. The minimum atomic E-state index is -0.381. The molecule has 2 amide bonds. The number of amides is 2. The van der Waals surface area contributed by atoms with E-state index >= 15 is 0 Å². The molecule has 0 fully saturated rings. The third kappa shape index (κ3) is 6.53. The summed E-state index contributed by atoms with van der Waals surface area (Å²) in [6.07, 6.45) is 1.50. The van der Waals surface area contributed by atoms with Crippen molar-refractivity contribution in [3.63, 3.8) is 0 Å². The second-order valence-electron chi connectivity index (χ2n) is 4.07. The van der Waals surface area contributed by atoms with Crippen LogP contribution in [0.15, 0.2) is 0 Å². The number of rotatable bonds is 9. The Hall–Kier alpha value is -1.18. The first-order chi connectivity index (χ1) is 8.56. The van der Waals surface area contributed by atoms with Crippen LogP contribution in [0.25, 0.3) is 0 Å². The number of hydrazine groups is 1. The molecule has 7 nitrogen and oxygen atoms in total. The molecule has 1 unspecified atom stereocenters. The average molecular weight is 260 g/mol. The van der Waals surface area contributed by atoms with Crippen molar-refractivity contribution < 1.29 is 14.3 Å². The molecule has 4 N–H and O–H groups in total. The van der Waals surface area contributed by atoms with E-state index in [1.165, 1.54) is 0 Å². The van der Waals surface area contributed by atoms with Gasteiger partial charge in [0, 0.05) is 13.7 Å². The highest BCUT2D eigenvalue weighted by molar-refractivity contribution is 5.83. The van der Waals surface area contributed by atoms with Crippen molar-refractivity contribution >= 4 is 11.8 Å². The van der Waals surface area contributed by atoms with E-state index < -0.39 is 0 Å². The largest absolute Gasteiger partial charge is 0.383 e. The monoisotopic (exact) mass is 260 g/mol. The predicted molar refractivity (Wildman–Crippen MR) is 68.5 cm³/mol. The van der Waals surface area contributed by atoms with E-state index in [9.17, 15) is 9.59 Å². The average Bonchev–Trinajstić information content (AvgIpc) is 2.35. The van der Waals surface area contributed by atoms with Crippen molar-refractivity contribution in [1.29, 1.82) is 0 Å². The topological polar surface area (TPSA) is 96.7 Å². The number of carbonyl (C=O) groups excluding carboxylic acids is 2. The Kier molecular flexibility index (Phi) is 9.17. The van der Waals surface area contributed by atoms with Crippen molar-refractivity contribution in [3.05, 3.63) is 0 Å². The summed E-state index contributed by atoms with van der Waals surface area (Å²) in [7, 11) is 3.30. The zero-order valence-corrected chi connectivity index (χ0v) is 11.4. The summed E-state index contributed by atoms with van der Waals surface area (Å²) < 4.78 is 4.83. The molecule has 0 aliphatic heterocycles. The maximum atomic E-state index is 11.6. The lowest BCUT2D eigenvalue weighted by Gasteiger charge is -2.25. The molecule has 0 aliphatic rings. The van der Waals surface area contributed by atoms with Gasteiger partial charge in [0.05, 0.1) is 19.2 Å². The number of nitrogens with zero attached hydrogens (tertiary/aromatic N) is 1. The number of methoxy groups -OCH3 is 1. The molecule has 0 aromatic rings. The minimum absolute atomic E-state index is 0.138. The molecule has 0 heterocycles. The Labute approximate surface area is 108 Å². The van der Waals surface area contributed by atoms with Crippen molar-refractivity contribution in [1.82, 2.24) is 15.6 Å². The Balaban J connectivity index is 4.19. The van der Waals surface area contributed by atoms with Crippen LogP contribution in [-0.2, 0) is 14.3 Å². The van der Waals surface area contributed by atoms with Gasteiger partial charge in [0.1, 0.15) is 0 Å². The first kappa shape index (κ1) is 16.8. The maximum absolute atomic E-state index is 11.6. The molecule has 0 radical (unpaired) electrons. The van der Waals surface area contributed by atoms with Crippen LogP contribution in [0.4, 0.5) is 0 Å². The quantitative estimate of drug-likeness (QED) is 0.210. The molecule has 0 bridgehead atoms. The van der Waals surface area contributed by atoms with Gasteiger partial charge in [0.15, 0.2) is 0 Å². The maximum Gasteiger partial charge on any atom is 0.251 e. The van der Waals surface area contributed by atoms with Crippen LogP contribution in [0.5, 0.6) is 0 Å². The molecule has 0 aromatic carbocycles. The third-order valence-corrected chi connectivity index (χ3v) is 2.56. The fraction of sp³-hybridized carbons (Fsp3) is 0.818. The van der Waals surface area contributed by atoms with Gasteiger partial charge < -0.3 is 10.1 Å². The molecule has 0 saturated carbocycles. The molecule has 0 spiro atoms. The van der Waals surface area contributed by atoms with E-state index in [2.05, 4.69) is 10.7 Å². The van der Waals surface area contributed by atoms with Crippen LogP contribution in [0, 0.1) is 0 Å². The molecule has 18 heavy (non-hydrogen) atoms. The van der Waals surface area contributed by atoms with Gasteiger partial charge in [-0.1, -0.05) is 13.3 Å². The van der Waals surface area contributed by atoms with E-state index in [0.717, 1.165) is 6.42 Å². The van der Waals surface area contributed by atoms with Gasteiger partial charge in [0.2, 0.25) is 5.91 Å². The number of carbonyl (C=O) groups is 2. The van der Waals surface area contributed by atoms with Gasteiger partial charge in [-0.05, 0) is 13.5 Å². The third-order valence-electron chi connectivity index (χ3n) is 2.56. The Morgan fingerprint density at radius 1 is 1.44 bits per heavy atom. The minimum Gasteiger partial charge on any atom is -0.383 e. The molecule has 0 aromatic heterocycles. The summed E-state index contributed by atoms with van der Waals surface area (Å²) in [6.45, 7) is 3.06. The molecule has 0 aliphatic carbocycles. The van der Waals surface area contributed by atoms with E-state index in [4.69, 9.17) is 10.6 Å². The number of nitrogens with two attached hydrogens (primary N) is 1. The van der Waals surface area contributed by atoms with Crippen molar-refractivity contribution in [2.75, 3.05) is 33.9 Å². The highest BCUT2D eigenvalue weighted by Crippen LogP contribution is 2.04. The van der Waals surface area contributed by atoms with E-state index in [-0.39, 0.29) is 24.4 Å². The van der Waals surface area contributed by atoms with Crippen LogP contribution in [-0.4, -0.2) is 56.6 Å². The lowest BCUT2D eigenvalue weighted by molar-refractivity contribution is -0.128. The van der Waals surface area contributed by atoms with Crippen molar-refractivity contribution in [3.8, 4) is 0 Å². The zero-order chi connectivity index (χ0) is 14.0. The standard InChI is InChI=1S/C11H24N4O3/c1-4-5-9(11(17)14-12)15(2)8-10(16)13-6-7-18-3/h9H,4-8,12H2,1-3H3,(H,13,16)(H,14,17). The lowest BCUT2D eigenvalue weighted by atomic mass is 10.1. The molecule has 0 rings (SSSR count). The second-order valence-corrected chi connectivity index (χ2v) is 4.07. The number of nitrogens with one attached hydrogen (secondary N) is 2. The normalized spacial score (nSPS) is 12.3. The number of hydrogen-bond donors (Lipinski definition) is 3. The van der Waals surface area contributed by atoms with Crippen LogP contribution >= 0.6 is 0 Å². The Bertz CT molecular complexity index is 261. The molecular formula is C11H24N4O3. The SMILES string of the molecule is CCCC(C(=O)NN)N(C)CC(=O)NCCOC. The summed E-state index contributed by atoms with van der Waals surface area (Å²) in [5, 5.41) is 2.70. The summed E-state index contributed by atoms with van der Waals surface area (Å²) >= 11 is 0. The van der Waals surface area contributed by atoms with Crippen molar-refractivity contribution in [2.24, 2.45) is 5.84 Å². The first-order valence-corrected chi connectivity index (χ1v) is 6.03. The summed E-state index contributed by atoms with van der Waals surface area (Å²) in [6, 6.07) is -0.381. The number of hydrogen-bond acceptors (Lipinski definition) is 5. The van der Waals surface area contributed by atoms with Gasteiger partial charge in [-0.2, -0.15) is 0 Å². The summed E-state index contributed by atoms with van der Waals surface area (Å²) in [5.74, 6) is 4.71. The van der Waals surface area contributed by atoms with E-state index in [0.29, 0.717) is 19.6 Å². The van der Waals surface area contributed by atoms with Gasteiger partial charge in [-0.3, -0.25) is 19.9 Å². The fourth-order valence-electron chi connectivity index (χ4n) is 1.61. The molecular weight excluding hydrogens is 236 g/mol. The second kappa shape index (κ2) is 9.81. The highest BCUT2D eigenvalue weighted by atomic mass is 16.5. The Morgan fingerprint density at radius 3 is 2.61 bits per heavy atom. The zero-order valence-electron chi connectivity index (χ0n) is 11.4. The molecule has 7 heteroatoms. The van der Waals surface area contributed by atoms with Crippen LogP contribution < -0.4 is 16.6 Å². The van der Waals surface area contributed by atoms with Crippen LogP contribution in [0.1, 0.15) is 19.8 Å². The van der Waals surface area contributed by atoms with Gasteiger partial charge >= 0.3 is 0 Å². The van der Waals surface area contributed by atoms with Gasteiger partial charge in [0.25, 0.3) is 5.91 Å². The number of ether oxygens (including phenoxy) is 1. The lowest BCUT2D eigenvalue weighted by Crippen LogP contribution is -2.50. The number of likely N-dealkylation sites (N-methyl/N-ethyl adjacent to an activating group) is 1. The summed E-state index contributed by atoms with van der Waals surface area (Å²) in [4.78, 5) is 24.8. The molecule has 1 atom stereocenters. The van der Waals surface area contributed by atoms with Crippen molar-refractivity contribution in [2.45, 2.75) is 25.8 Å². The summed E-state index contributed by atoms with van der Waals surface area (Å²) in [5.41, 5.74) is 2.12. The first-order valence-electron chi connectivity index (χ1n) is 6.03. The van der Waals surface area contributed by atoms with Crippen LogP contribution in [0.3, 0.4) is 0 Å². The molecule has 0 saturated heterocycles. The predicted octanol–water partition coefficient (Wildman–Crippen LogP) is -1.16. The smallest absolute Gasteiger partial charge is 0.251 e. The Morgan fingerprint density at radius 2 is 2.11 bits per heavy atom. The van der Waals surface area contributed by atoms with E-state index in [1.54, 1.807) is 19.1 Å². The van der Waals surface area contributed by atoms with E-state index in [1.807, 2.05) is 6.92 Å². The molecule has 106 valence electrons. The fourth-order valence-corrected chi connectivity index (χ4v) is 1.61. The van der Waals surface area contributed by atoms with Gasteiger partial charge in [-0.25, -0.2) is 5.84 Å². The van der Waals surface area contributed by atoms with Gasteiger partial charge in [-0.15, -0.1) is 0 Å².